The van der Waals surface area contributed by atoms with Gasteiger partial charge in [0.05, 0.1) is 29.8 Å². The Balaban J connectivity index is 1.38. The molecule has 0 unspecified atom stereocenters. The lowest BCUT2D eigenvalue weighted by Crippen LogP contribution is -2.17. The number of nitriles is 1. The van der Waals surface area contributed by atoms with E-state index in [9.17, 15) is 10.1 Å². The van der Waals surface area contributed by atoms with Gasteiger partial charge in [-0.1, -0.05) is 24.3 Å². The molecule has 3 aromatic carbocycles. The number of hydrogen-bond donors (Lipinski definition) is 1. The van der Waals surface area contributed by atoms with Crippen LogP contribution >= 0.6 is 0 Å². The minimum atomic E-state index is -0.761. The van der Waals surface area contributed by atoms with Crippen LogP contribution in [0.4, 0.5) is 15.9 Å². The lowest BCUT2D eigenvalue weighted by atomic mass is 9.85. The molecule has 43 heavy (non-hydrogen) atoms. The molecule has 2 aromatic heterocycles. The molecule has 0 saturated heterocycles. The summed E-state index contributed by atoms with van der Waals surface area (Å²) in [7, 11) is 3.62. The van der Waals surface area contributed by atoms with Crippen LogP contribution in [-0.4, -0.2) is 30.0 Å². The van der Waals surface area contributed by atoms with E-state index in [1.165, 1.54) is 6.07 Å². The maximum atomic E-state index is 15.0. The summed E-state index contributed by atoms with van der Waals surface area (Å²) in [6.07, 6.45) is 3.53. The molecule has 1 N–H and O–H groups in total. The van der Waals surface area contributed by atoms with Crippen molar-refractivity contribution in [1.29, 1.82) is 5.26 Å². The average molecular weight is 574 g/mol. The summed E-state index contributed by atoms with van der Waals surface area (Å²) in [6, 6.07) is 23.9. The zero-order valence-corrected chi connectivity index (χ0v) is 24.8. The van der Waals surface area contributed by atoms with Gasteiger partial charge in [0.1, 0.15) is 17.4 Å². The van der Waals surface area contributed by atoms with E-state index >= 15 is 4.39 Å². The zero-order valence-electron chi connectivity index (χ0n) is 24.8. The zero-order chi connectivity index (χ0) is 30.7. The summed E-state index contributed by atoms with van der Waals surface area (Å²) in [5.74, 6) is 0.597. The van der Waals surface area contributed by atoms with Gasteiger partial charge in [0.25, 0.3) is 5.91 Å². The first-order valence-corrected chi connectivity index (χ1v) is 13.8. The molecular weight excluding hydrogens is 541 g/mol. The lowest BCUT2D eigenvalue weighted by Gasteiger charge is -2.19. The third-order valence-electron chi connectivity index (χ3n) is 7.52. The number of nitrogens with one attached hydrogen (secondary N) is 1. The Labute approximate surface area is 250 Å². The molecule has 8 heteroatoms. The van der Waals surface area contributed by atoms with E-state index in [2.05, 4.69) is 21.4 Å². The largest absolute Gasteiger partial charge is 0.497 e. The van der Waals surface area contributed by atoms with Crippen LogP contribution in [0.3, 0.4) is 0 Å². The number of fused-ring (bicyclic) bond motifs is 1. The second kappa shape index (κ2) is 11.9. The van der Waals surface area contributed by atoms with E-state index in [-0.39, 0.29) is 5.69 Å². The third-order valence-corrected chi connectivity index (χ3v) is 7.52. The normalized spacial score (nSPS) is 11.2. The first-order chi connectivity index (χ1) is 20.6. The van der Waals surface area contributed by atoms with Crippen molar-refractivity contribution in [1.82, 2.24) is 9.97 Å². The van der Waals surface area contributed by atoms with Crippen molar-refractivity contribution in [2.45, 2.75) is 32.7 Å². The number of amides is 1. The maximum Gasteiger partial charge on any atom is 0.255 e. The molecule has 5 aromatic rings. The number of pyridine rings is 2. The molecule has 0 saturated carbocycles. The van der Waals surface area contributed by atoms with Crippen molar-refractivity contribution in [2.24, 2.45) is 0 Å². The van der Waals surface area contributed by atoms with Gasteiger partial charge in [-0.2, -0.15) is 5.26 Å². The number of carbonyl (C=O) groups excluding carboxylic acids is 1. The number of anilines is 2. The van der Waals surface area contributed by atoms with Crippen LogP contribution < -0.4 is 15.0 Å². The minimum Gasteiger partial charge on any atom is -0.497 e. The Hall–Kier alpha value is -5.29. The molecule has 0 aliphatic rings. The Morgan fingerprint density at radius 3 is 2.53 bits per heavy atom. The lowest BCUT2D eigenvalue weighted by molar-refractivity contribution is 0.102. The second-order valence-corrected chi connectivity index (χ2v) is 11.1. The van der Waals surface area contributed by atoms with Gasteiger partial charge in [-0.3, -0.25) is 9.78 Å². The fraction of sp³-hybridized carbons (Fsp3) is 0.200. The molecule has 0 fully saturated rings. The number of rotatable bonds is 8. The van der Waals surface area contributed by atoms with Crippen molar-refractivity contribution in [3.8, 4) is 22.9 Å². The quantitative estimate of drug-likeness (QED) is 0.207. The van der Waals surface area contributed by atoms with E-state index in [1.807, 2.05) is 55.3 Å². The number of carbonyl (C=O) groups is 1. The number of benzene rings is 3. The van der Waals surface area contributed by atoms with Crippen molar-refractivity contribution < 1.29 is 13.9 Å². The summed E-state index contributed by atoms with van der Waals surface area (Å²) < 4.78 is 20.3. The summed E-state index contributed by atoms with van der Waals surface area (Å²) in [6.45, 7) is 6.05. The molecule has 0 aliphatic heterocycles. The maximum absolute atomic E-state index is 15.0. The highest BCUT2D eigenvalue weighted by Gasteiger charge is 2.21. The summed E-state index contributed by atoms with van der Waals surface area (Å²) >= 11 is 0. The van der Waals surface area contributed by atoms with Crippen LogP contribution in [0.5, 0.6) is 5.75 Å². The molecular formula is C35H32FN5O2. The number of aryl methyl sites for hydroxylation is 1. The van der Waals surface area contributed by atoms with E-state index in [0.29, 0.717) is 23.2 Å². The number of hydrogen-bond acceptors (Lipinski definition) is 6. The Kier molecular flexibility index (Phi) is 8.09. The van der Waals surface area contributed by atoms with Crippen molar-refractivity contribution >= 4 is 28.3 Å². The van der Waals surface area contributed by atoms with Crippen LogP contribution in [0.15, 0.2) is 85.2 Å². The molecule has 0 radical (unpaired) electrons. The van der Waals surface area contributed by atoms with Crippen molar-refractivity contribution in [3.63, 3.8) is 0 Å². The molecule has 0 bridgehead atoms. The van der Waals surface area contributed by atoms with Gasteiger partial charge in [0, 0.05) is 48.6 Å². The molecule has 0 aliphatic carbocycles. The van der Waals surface area contributed by atoms with Crippen LogP contribution in [0.1, 0.15) is 40.9 Å². The molecule has 0 atom stereocenters. The van der Waals surface area contributed by atoms with Crippen molar-refractivity contribution in [2.75, 3.05) is 24.4 Å². The SMILES string of the molecule is COc1ccc(CN(C)c2cc3ncc(-c4cc(NC(=O)c5cccc(C(C)(C)C#N)c5)c(F)cc4C)cc3cn2)cc1. The second-order valence-electron chi connectivity index (χ2n) is 11.1. The standard InChI is InChI=1S/C35H32FN5O2/c1-22-13-30(36)32(40-34(42)24-7-6-8-27(15-24)35(2,3)21-37)16-29(22)25-14-26-19-39-33(17-31(26)38-18-25)41(4)20-23-9-11-28(43-5)12-10-23/h6-19H,20H2,1-5H3,(H,40,42). The topological polar surface area (TPSA) is 91.1 Å². The highest BCUT2D eigenvalue weighted by atomic mass is 19.1. The fourth-order valence-electron chi connectivity index (χ4n) is 4.84. The highest BCUT2D eigenvalue weighted by molar-refractivity contribution is 6.05. The molecule has 1 amide bonds. The van der Waals surface area contributed by atoms with E-state index in [1.54, 1.807) is 63.7 Å². The number of halogens is 1. The number of ether oxygens (including phenoxy) is 1. The van der Waals surface area contributed by atoms with Gasteiger partial charge in [0.2, 0.25) is 0 Å². The van der Waals surface area contributed by atoms with Crippen LogP contribution in [0.25, 0.3) is 22.0 Å². The molecule has 5 rings (SSSR count). The molecule has 7 nitrogen and oxygen atoms in total. The Morgan fingerprint density at radius 1 is 1.05 bits per heavy atom. The van der Waals surface area contributed by atoms with Gasteiger partial charge in [-0.05, 0) is 85.5 Å². The minimum absolute atomic E-state index is 0.0595. The first-order valence-electron chi connectivity index (χ1n) is 13.8. The monoisotopic (exact) mass is 573 g/mol. The Morgan fingerprint density at radius 2 is 1.81 bits per heavy atom. The molecule has 0 spiro atoms. The molecule has 216 valence electrons. The van der Waals surface area contributed by atoms with Gasteiger partial charge >= 0.3 is 0 Å². The number of aromatic nitrogens is 2. The molecule has 2 heterocycles. The van der Waals surface area contributed by atoms with E-state index < -0.39 is 17.1 Å². The predicted molar refractivity (Wildman–Crippen MR) is 168 cm³/mol. The fourth-order valence-corrected chi connectivity index (χ4v) is 4.84. The van der Waals surface area contributed by atoms with Gasteiger partial charge in [-0.25, -0.2) is 9.37 Å². The third kappa shape index (κ3) is 6.31. The van der Waals surface area contributed by atoms with Gasteiger partial charge in [-0.15, -0.1) is 0 Å². The number of nitrogens with zero attached hydrogens (tertiary/aromatic N) is 4. The van der Waals surface area contributed by atoms with Crippen LogP contribution in [-0.2, 0) is 12.0 Å². The average Bonchev–Trinajstić information content (AvgIpc) is 3.02. The summed E-state index contributed by atoms with van der Waals surface area (Å²) in [4.78, 5) is 24.5. The Bertz CT molecular complexity index is 1860. The number of methoxy groups -OCH3 is 1. The van der Waals surface area contributed by atoms with Gasteiger partial charge < -0.3 is 15.0 Å². The highest BCUT2D eigenvalue weighted by Crippen LogP contribution is 2.31. The predicted octanol–water partition coefficient (Wildman–Crippen LogP) is 7.44. The van der Waals surface area contributed by atoms with Gasteiger partial charge in [0.15, 0.2) is 0 Å². The smallest absolute Gasteiger partial charge is 0.255 e. The van der Waals surface area contributed by atoms with E-state index in [4.69, 9.17) is 4.74 Å². The van der Waals surface area contributed by atoms with Crippen molar-refractivity contribution in [3.05, 3.63) is 113 Å². The summed E-state index contributed by atoms with van der Waals surface area (Å²) in [5, 5.41) is 13.0. The summed E-state index contributed by atoms with van der Waals surface area (Å²) in [5.41, 5.74) is 4.48. The van der Waals surface area contributed by atoms with Crippen LogP contribution in [0.2, 0.25) is 0 Å². The first kappa shape index (κ1) is 29.2. The van der Waals surface area contributed by atoms with Crippen LogP contribution in [0, 0.1) is 24.1 Å². The van der Waals surface area contributed by atoms with E-state index in [0.717, 1.165) is 39.2 Å².